The van der Waals surface area contributed by atoms with Crippen molar-refractivity contribution in [2.75, 3.05) is 0 Å². The summed E-state index contributed by atoms with van der Waals surface area (Å²) >= 11 is 3.77. The number of rotatable bonds is 1. The molecule has 0 fully saturated rings. The molecule has 0 heterocycles. The molecule has 1 aliphatic rings. The van der Waals surface area contributed by atoms with Crippen molar-refractivity contribution in [3.8, 4) is 11.1 Å². The molecule has 0 N–H and O–H groups in total. The van der Waals surface area contributed by atoms with Gasteiger partial charge in [0.1, 0.15) is 0 Å². The lowest BCUT2D eigenvalue weighted by Gasteiger charge is -2.16. The summed E-state index contributed by atoms with van der Waals surface area (Å²) in [5.41, 5.74) is 5.42. The Balaban J connectivity index is 2.09. The Hall–Kier alpha value is -1.86. The predicted molar refractivity (Wildman–Crippen MR) is 94.5 cm³/mol. The molecular weight excluding hydrogens is 320 g/mol. The van der Waals surface area contributed by atoms with Crippen LogP contribution >= 0.6 is 15.9 Å². The van der Waals surface area contributed by atoms with Crippen LogP contribution in [0.2, 0.25) is 0 Å². The molecule has 0 nitrogen and oxygen atoms in total. The van der Waals surface area contributed by atoms with Gasteiger partial charge in [-0.1, -0.05) is 83.5 Å². The minimum Gasteiger partial charge on any atom is -0.0766 e. The van der Waals surface area contributed by atoms with E-state index in [-0.39, 0.29) is 0 Å². The van der Waals surface area contributed by atoms with Crippen LogP contribution in [0.4, 0.5) is 0 Å². The van der Waals surface area contributed by atoms with Crippen LogP contribution < -0.4 is 0 Å². The summed E-state index contributed by atoms with van der Waals surface area (Å²) < 4.78 is 1.17. The maximum atomic E-state index is 3.77. The van der Waals surface area contributed by atoms with Gasteiger partial charge in [-0.25, -0.2) is 0 Å². The van der Waals surface area contributed by atoms with E-state index in [9.17, 15) is 0 Å². The van der Waals surface area contributed by atoms with Gasteiger partial charge in [-0.2, -0.15) is 0 Å². The van der Waals surface area contributed by atoms with Gasteiger partial charge in [0.15, 0.2) is 0 Å². The Labute approximate surface area is 133 Å². The average molecular weight is 335 g/mol. The molecule has 1 heteroatoms. The van der Waals surface area contributed by atoms with Crippen LogP contribution in [-0.4, -0.2) is 0 Å². The molecule has 1 aliphatic carbocycles. The molecule has 0 radical (unpaired) electrons. The third kappa shape index (κ3) is 1.96. The summed E-state index contributed by atoms with van der Waals surface area (Å²) in [7, 11) is 0. The minimum absolute atomic E-state index is 0.464. The monoisotopic (exact) mass is 334 g/mol. The molecule has 0 bridgehead atoms. The molecule has 1 unspecified atom stereocenters. The highest BCUT2D eigenvalue weighted by molar-refractivity contribution is 9.10. The highest BCUT2D eigenvalue weighted by Gasteiger charge is 2.21. The third-order valence-electron chi connectivity index (χ3n) is 4.31. The number of benzene rings is 3. The van der Waals surface area contributed by atoms with Crippen LogP contribution in [0.1, 0.15) is 24.0 Å². The van der Waals surface area contributed by atoms with Crippen molar-refractivity contribution in [3.05, 3.63) is 76.3 Å². The van der Waals surface area contributed by atoms with Crippen molar-refractivity contribution in [1.29, 1.82) is 0 Å². The SMILES string of the molecule is CC1C=Cc2ccc(Br)c(-c3cccc4ccccc34)c21. The smallest absolute Gasteiger partial charge is 0.0257 e. The molecule has 1 atom stereocenters. The second-order valence-corrected chi connectivity index (χ2v) is 6.45. The molecule has 0 aliphatic heterocycles. The summed E-state index contributed by atoms with van der Waals surface area (Å²) in [5.74, 6) is 0.464. The van der Waals surface area contributed by atoms with E-state index in [1.807, 2.05) is 0 Å². The van der Waals surface area contributed by atoms with E-state index < -0.39 is 0 Å². The second kappa shape index (κ2) is 4.85. The first kappa shape index (κ1) is 12.8. The molecule has 3 aromatic rings. The lowest BCUT2D eigenvalue weighted by Crippen LogP contribution is -1.95. The van der Waals surface area contributed by atoms with Gasteiger partial charge in [0.2, 0.25) is 0 Å². The zero-order chi connectivity index (χ0) is 14.4. The summed E-state index contributed by atoms with van der Waals surface area (Å²) in [6.45, 7) is 2.27. The summed E-state index contributed by atoms with van der Waals surface area (Å²) in [6, 6.07) is 19.5. The Morgan fingerprint density at radius 2 is 1.71 bits per heavy atom. The van der Waals surface area contributed by atoms with Gasteiger partial charge in [-0.3, -0.25) is 0 Å². The number of hydrogen-bond donors (Lipinski definition) is 0. The number of hydrogen-bond acceptors (Lipinski definition) is 0. The lowest BCUT2D eigenvalue weighted by atomic mass is 9.89. The number of halogens is 1. The Kier molecular flexibility index (Phi) is 2.97. The second-order valence-electron chi connectivity index (χ2n) is 5.60. The van der Waals surface area contributed by atoms with E-state index >= 15 is 0 Å². The Bertz CT molecular complexity index is 869. The van der Waals surface area contributed by atoms with Crippen LogP contribution in [0.25, 0.3) is 28.0 Å². The zero-order valence-corrected chi connectivity index (χ0v) is 13.4. The molecule has 0 amide bonds. The molecule has 4 rings (SSSR count). The number of fused-ring (bicyclic) bond motifs is 2. The standard InChI is InChI=1S/C20H15Br/c1-13-9-10-15-11-12-18(21)20(19(13)15)17-8-4-6-14-5-2-3-7-16(14)17/h2-13H,1H3. The van der Waals surface area contributed by atoms with E-state index in [1.165, 1.54) is 37.5 Å². The van der Waals surface area contributed by atoms with E-state index in [0.29, 0.717) is 5.92 Å². The highest BCUT2D eigenvalue weighted by atomic mass is 79.9. The van der Waals surface area contributed by atoms with Crippen LogP contribution in [0.3, 0.4) is 0 Å². The fraction of sp³-hybridized carbons (Fsp3) is 0.100. The fourth-order valence-electron chi connectivity index (χ4n) is 3.31. The molecule has 21 heavy (non-hydrogen) atoms. The maximum absolute atomic E-state index is 3.77. The van der Waals surface area contributed by atoms with Gasteiger partial charge in [0, 0.05) is 16.0 Å². The van der Waals surface area contributed by atoms with E-state index in [0.717, 1.165) is 0 Å². The van der Waals surface area contributed by atoms with E-state index in [1.54, 1.807) is 0 Å². The first-order chi connectivity index (χ1) is 10.3. The van der Waals surface area contributed by atoms with Gasteiger partial charge in [-0.05, 0) is 33.5 Å². The van der Waals surface area contributed by atoms with Gasteiger partial charge in [0.05, 0.1) is 0 Å². The molecule has 3 aromatic carbocycles. The summed E-state index contributed by atoms with van der Waals surface area (Å²) in [4.78, 5) is 0. The quantitative estimate of drug-likeness (QED) is 0.483. The topological polar surface area (TPSA) is 0 Å². The van der Waals surface area contributed by atoms with Gasteiger partial charge in [-0.15, -0.1) is 0 Å². The van der Waals surface area contributed by atoms with Crippen LogP contribution in [0.5, 0.6) is 0 Å². The maximum Gasteiger partial charge on any atom is 0.0257 e. The first-order valence-electron chi connectivity index (χ1n) is 7.24. The molecule has 0 aromatic heterocycles. The van der Waals surface area contributed by atoms with Crippen molar-refractivity contribution in [2.45, 2.75) is 12.8 Å². The third-order valence-corrected chi connectivity index (χ3v) is 4.97. The predicted octanol–water partition coefficient (Wildman–Crippen LogP) is 6.40. The van der Waals surface area contributed by atoms with Gasteiger partial charge < -0.3 is 0 Å². The molecule has 102 valence electrons. The normalized spacial score (nSPS) is 16.4. The van der Waals surface area contributed by atoms with Crippen molar-refractivity contribution in [2.24, 2.45) is 0 Å². The average Bonchev–Trinajstić information content (AvgIpc) is 2.89. The van der Waals surface area contributed by atoms with Crippen molar-refractivity contribution in [1.82, 2.24) is 0 Å². The first-order valence-corrected chi connectivity index (χ1v) is 8.04. The largest absolute Gasteiger partial charge is 0.0766 e. The zero-order valence-electron chi connectivity index (χ0n) is 11.8. The van der Waals surface area contributed by atoms with Crippen molar-refractivity contribution in [3.63, 3.8) is 0 Å². The summed E-state index contributed by atoms with van der Waals surface area (Å²) in [5, 5.41) is 2.60. The molecular formula is C20H15Br. The van der Waals surface area contributed by atoms with Crippen molar-refractivity contribution >= 4 is 32.8 Å². The van der Waals surface area contributed by atoms with Crippen LogP contribution in [0, 0.1) is 0 Å². The number of allylic oxidation sites excluding steroid dienone is 1. The fourth-order valence-corrected chi connectivity index (χ4v) is 3.87. The molecule has 0 saturated carbocycles. The van der Waals surface area contributed by atoms with Gasteiger partial charge >= 0.3 is 0 Å². The van der Waals surface area contributed by atoms with Crippen molar-refractivity contribution < 1.29 is 0 Å². The van der Waals surface area contributed by atoms with E-state index in [4.69, 9.17) is 0 Å². The Morgan fingerprint density at radius 1 is 0.905 bits per heavy atom. The van der Waals surface area contributed by atoms with Crippen LogP contribution in [-0.2, 0) is 0 Å². The van der Waals surface area contributed by atoms with E-state index in [2.05, 4.69) is 89.6 Å². The lowest BCUT2D eigenvalue weighted by molar-refractivity contribution is 0.992. The van der Waals surface area contributed by atoms with Crippen LogP contribution in [0.15, 0.2) is 65.1 Å². The Morgan fingerprint density at radius 3 is 2.62 bits per heavy atom. The minimum atomic E-state index is 0.464. The molecule has 0 saturated heterocycles. The molecule has 0 spiro atoms. The van der Waals surface area contributed by atoms with Gasteiger partial charge in [0.25, 0.3) is 0 Å². The highest BCUT2D eigenvalue weighted by Crippen LogP contribution is 2.43. The summed E-state index contributed by atoms with van der Waals surface area (Å²) in [6.07, 6.45) is 4.52.